The molecular formula is C12H20F2O4. The number of hydrogen-bond acceptors (Lipinski definition) is 4. The molecule has 0 saturated carbocycles. The van der Waals surface area contributed by atoms with Crippen molar-refractivity contribution in [3.8, 4) is 0 Å². The predicted molar refractivity (Wildman–Crippen MR) is 59.7 cm³/mol. The lowest BCUT2D eigenvalue weighted by Gasteiger charge is -2.24. The summed E-state index contributed by atoms with van der Waals surface area (Å²) < 4.78 is 47.1. The molecule has 2 aliphatic rings. The van der Waals surface area contributed by atoms with Crippen LogP contribution in [0.25, 0.3) is 0 Å². The van der Waals surface area contributed by atoms with Gasteiger partial charge in [-0.15, -0.1) is 0 Å². The molecule has 2 heterocycles. The second-order valence-corrected chi connectivity index (χ2v) is 4.74. The first-order valence-corrected chi connectivity index (χ1v) is 6.46. The molecule has 0 aliphatic carbocycles. The lowest BCUT2D eigenvalue weighted by molar-refractivity contribution is -0.176. The predicted octanol–water partition coefficient (Wildman–Crippen LogP) is 1.97. The first-order chi connectivity index (χ1) is 8.66. The summed E-state index contributed by atoms with van der Waals surface area (Å²) in [5.41, 5.74) is 0. The zero-order valence-electron chi connectivity index (χ0n) is 10.4. The van der Waals surface area contributed by atoms with Gasteiger partial charge in [-0.25, -0.2) is 8.78 Å². The highest BCUT2D eigenvalue weighted by Gasteiger charge is 2.31. The van der Waals surface area contributed by atoms with E-state index in [9.17, 15) is 8.78 Å². The van der Waals surface area contributed by atoms with Crippen LogP contribution in [0.3, 0.4) is 0 Å². The maximum absolute atomic E-state index is 13.4. The van der Waals surface area contributed by atoms with Gasteiger partial charge in [-0.3, -0.25) is 0 Å². The van der Waals surface area contributed by atoms with Crippen molar-refractivity contribution in [3.05, 3.63) is 0 Å². The van der Waals surface area contributed by atoms with Crippen LogP contribution in [0.1, 0.15) is 25.7 Å². The van der Waals surface area contributed by atoms with Crippen molar-refractivity contribution >= 4 is 0 Å². The lowest BCUT2D eigenvalue weighted by Crippen LogP contribution is -2.29. The van der Waals surface area contributed by atoms with Gasteiger partial charge in [-0.1, -0.05) is 0 Å². The summed E-state index contributed by atoms with van der Waals surface area (Å²) >= 11 is 0. The second kappa shape index (κ2) is 6.75. The Hall–Kier alpha value is -0.300. The van der Waals surface area contributed by atoms with E-state index < -0.39 is 12.5 Å². The van der Waals surface area contributed by atoms with Gasteiger partial charge in [0.15, 0.2) is 6.29 Å². The van der Waals surface area contributed by atoms with Gasteiger partial charge in [0.25, 0.3) is 5.92 Å². The first-order valence-electron chi connectivity index (χ1n) is 6.46. The van der Waals surface area contributed by atoms with Crippen LogP contribution in [0.5, 0.6) is 0 Å². The second-order valence-electron chi connectivity index (χ2n) is 4.74. The van der Waals surface area contributed by atoms with Gasteiger partial charge in [0.2, 0.25) is 0 Å². The van der Waals surface area contributed by atoms with E-state index in [4.69, 9.17) is 18.9 Å². The fourth-order valence-corrected chi connectivity index (χ4v) is 1.76. The van der Waals surface area contributed by atoms with Crippen LogP contribution in [0.15, 0.2) is 0 Å². The summed E-state index contributed by atoms with van der Waals surface area (Å²) in [6, 6.07) is 0. The topological polar surface area (TPSA) is 40.2 Å². The molecule has 2 unspecified atom stereocenters. The van der Waals surface area contributed by atoms with Gasteiger partial charge in [0.1, 0.15) is 12.7 Å². The third-order valence-corrected chi connectivity index (χ3v) is 2.93. The molecule has 2 rings (SSSR count). The Morgan fingerprint density at radius 1 is 1.22 bits per heavy atom. The van der Waals surface area contributed by atoms with Crippen molar-refractivity contribution in [2.24, 2.45) is 0 Å². The fraction of sp³-hybridized carbons (Fsp3) is 1.00. The van der Waals surface area contributed by atoms with Crippen LogP contribution in [0, 0.1) is 0 Å². The highest BCUT2D eigenvalue weighted by Crippen LogP contribution is 2.21. The van der Waals surface area contributed by atoms with Gasteiger partial charge in [0.05, 0.1) is 19.8 Å². The molecule has 0 radical (unpaired) electrons. The zero-order valence-corrected chi connectivity index (χ0v) is 10.4. The van der Waals surface area contributed by atoms with Gasteiger partial charge in [-0.05, 0) is 19.3 Å². The monoisotopic (exact) mass is 266 g/mol. The minimum atomic E-state index is -2.84. The van der Waals surface area contributed by atoms with E-state index in [-0.39, 0.29) is 32.0 Å². The zero-order chi connectivity index (χ0) is 12.8. The Morgan fingerprint density at radius 3 is 2.72 bits per heavy atom. The van der Waals surface area contributed by atoms with Crippen molar-refractivity contribution < 1.29 is 27.7 Å². The fourth-order valence-electron chi connectivity index (χ4n) is 1.76. The number of ether oxygens (including phenoxy) is 4. The molecule has 0 aromatic heterocycles. The molecule has 2 atom stereocenters. The summed E-state index contributed by atoms with van der Waals surface area (Å²) in [4.78, 5) is 0. The minimum absolute atomic E-state index is 0.000948. The van der Waals surface area contributed by atoms with Crippen LogP contribution in [-0.2, 0) is 18.9 Å². The molecule has 0 aromatic carbocycles. The minimum Gasteiger partial charge on any atom is -0.372 e. The van der Waals surface area contributed by atoms with E-state index >= 15 is 0 Å². The summed E-state index contributed by atoms with van der Waals surface area (Å²) in [7, 11) is 0. The molecule has 6 heteroatoms. The van der Waals surface area contributed by atoms with E-state index in [1.165, 1.54) is 0 Å². The smallest absolute Gasteiger partial charge is 0.273 e. The van der Waals surface area contributed by atoms with Crippen LogP contribution in [-0.4, -0.2) is 51.4 Å². The summed E-state index contributed by atoms with van der Waals surface area (Å²) in [5.74, 6) is -2.84. The summed E-state index contributed by atoms with van der Waals surface area (Å²) in [5, 5.41) is 0. The van der Waals surface area contributed by atoms with Crippen molar-refractivity contribution in [2.45, 2.75) is 44.0 Å². The average Bonchev–Trinajstić information content (AvgIpc) is 3.14. The number of epoxide rings is 1. The number of rotatable bonds is 8. The first kappa shape index (κ1) is 14.1. The van der Waals surface area contributed by atoms with E-state index in [1.807, 2.05) is 0 Å². The summed E-state index contributed by atoms with van der Waals surface area (Å²) in [6.07, 6.45) is 2.22. The van der Waals surface area contributed by atoms with Crippen molar-refractivity contribution in [1.29, 1.82) is 0 Å². The normalized spacial score (nSPS) is 28.3. The van der Waals surface area contributed by atoms with E-state index in [2.05, 4.69) is 0 Å². The molecule has 2 aliphatic heterocycles. The van der Waals surface area contributed by atoms with Gasteiger partial charge in [0, 0.05) is 13.0 Å². The largest absolute Gasteiger partial charge is 0.372 e. The quantitative estimate of drug-likeness (QED) is 0.630. The molecule has 0 spiro atoms. The Balaban J connectivity index is 1.52. The van der Waals surface area contributed by atoms with Gasteiger partial charge in [-0.2, -0.15) is 0 Å². The Morgan fingerprint density at radius 2 is 2.06 bits per heavy atom. The van der Waals surface area contributed by atoms with E-state index in [0.717, 1.165) is 19.3 Å². The van der Waals surface area contributed by atoms with Crippen molar-refractivity contribution in [3.63, 3.8) is 0 Å². The maximum Gasteiger partial charge on any atom is 0.273 e. The standard InChI is InChI=1S/C12H20F2O4/c13-12(14,9-15-7-10-8-18-10)4-6-17-11-3-1-2-5-16-11/h10-11H,1-9H2. The SMILES string of the molecule is FC(F)(CCOC1CCCCO1)COCC1CO1. The Bertz CT molecular complexity index is 240. The lowest BCUT2D eigenvalue weighted by atomic mass is 10.2. The van der Waals surface area contributed by atoms with E-state index in [0.29, 0.717) is 13.2 Å². The average molecular weight is 266 g/mol. The molecule has 2 fully saturated rings. The Kier molecular flexibility index (Phi) is 5.29. The molecule has 106 valence electrons. The van der Waals surface area contributed by atoms with Crippen molar-refractivity contribution in [2.75, 3.05) is 33.0 Å². The highest BCUT2D eigenvalue weighted by molar-refractivity contribution is 4.70. The molecule has 4 nitrogen and oxygen atoms in total. The highest BCUT2D eigenvalue weighted by atomic mass is 19.3. The maximum atomic E-state index is 13.4. The Labute approximate surface area is 106 Å². The van der Waals surface area contributed by atoms with Crippen LogP contribution in [0.4, 0.5) is 8.78 Å². The number of alkyl halides is 2. The van der Waals surface area contributed by atoms with Gasteiger partial charge < -0.3 is 18.9 Å². The van der Waals surface area contributed by atoms with Crippen LogP contribution >= 0.6 is 0 Å². The molecule has 2 saturated heterocycles. The van der Waals surface area contributed by atoms with Crippen LogP contribution in [0.2, 0.25) is 0 Å². The third kappa shape index (κ3) is 5.56. The molecule has 0 bridgehead atoms. The third-order valence-electron chi connectivity index (χ3n) is 2.93. The van der Waals surface area contributed by atoms with E-state index in [1.54, 1.807) is 0 Å². The molecule has 0 N–H and O–H groups in total. The van der Waals surface area contributed by atoms with Gasteiger partial charge >= 0.3 is 0 Å². The molecular weight excluding hydrogens is 246 g/mol. The molecule has 18 heavy (non-hydrogen) atoms. The number of hydrogen-bond donors (Lipinski definition) is 0. The molecule has 0 amide bonds. The van der Waals surface area contributed by atoms with Crippen molar-refractivity contribution in [1.82, 2.24) is 0 Å². The number of halogens is 2. The molecule has 0 aromatic rings. The summed E-state index contributed by atoms with van der Waals surface area (Å²) in [6.45, 7) is 0.962. The van der Waals surface area contributed by atoms with Crippen LogP contribution < -0.4 is 0 Å².